The molecular formula is C20H24BFN2O. The highest BCUT2D eigenvalue weighted by atomic mass is 19.1. The molecule has 0 amide bonds. The molecule has 2 saturated heterocycles. The number of nitrogens with one attached hydrogen (secondary N) is 1. The van der Waals surface area contributed by atoms with Gasteiger partial charge in [0.05, 0.1) is 0 Å². The minimum absolute atomic E-state index is 0.188. The van der Waals surface area contributed by atoms with E-state index in [2.05, 4.69) is 34.4 Å². The molecule has 2 N–H and O–H groups in total. The van der Waals surface area contributed by atoms with E-state index in [1.807, 2.05) is 18.2 Å². The van der Waals surface area contributed by atoms with Crippen LogP contribution >= 0.6 is 0 Å². The van der Waals surface area contributed by atoms with Gasteiger partial charge in [0.25, 0.3) is 0 Å². The van der Waals surface area contributed by atoms with Crippen LogP contribution in [0.15, 0.2) is 54.6 Å². The van der Waals surface area contributed by atoms with Gasteiger partial charge in [-0.05, 0) is 42.9 Å². The van der Waals surface area contributed by atoms with Gasteiger partial charge in [0.1, 0.15) is 5.82 Å². The third-order valence-corrected chi connectivity index (χ3v) is 5.72. The fourth-order valence-corrected chi connectivity index (χ4v) is 4.81. The summed E-state index contributed by atoms with van der Waals surface area (Å²) < 4.78 is 13.4. The van der Waals surface area contributed by atoms with Crippen LogP contribution in [-0.4, -0.2) is 35.1 Å². The normalized spacial score (nSPS) is 28.4. The number of benzene rings is 2. The Morgan fingerprint density at radius 3 is 2.44 bits per heavy atom. The second kappa shape index (κ2) is 6.91. The first kappa shape index (κ1) is 16.8. The average Bonchev–Trinajstić information content (AvgIpc) is 3.11. The van der Waals surface area contributed by atoms with E-state index in [-0.39, 0.29) is 17.8 Å². The summed E-state index contributed by atoms with van der Waals surface area (Å²) in [6.07, 6.45) is 2.29. The molecule has 25 heavy (non-hydrogen) atoms. The van der Waals surface area contributed by atoms with Gasteiger partial charge in [0, 0.05) is 30.6 Å². The molecule has 2 bridgehead atoms. The molecule has 2 aromatic rings. The van der Waals surface area contributed by atoms with Crippen molar-refractivity contribution in [3.05, 3.63) is 71.5 Å². The number of fused-ring (bicyclic) bond motifs is 2. The molecular weight excluding hydrogens is 314 g/mol. The summed E-state index contributed by atoms with van der Waals surface area (Å²) >= 11 is 0. The van der Waals surface area contributed by atoms with E-state index in [1.165, 1.54) is 5.56 Å². The predicted molar refractivity (Wildman–Crippen MR) is 98.7 cm³/mol. The first-order valence-corrected chi connectivity index (χ1v) is 9.13. The SMILES string of the molecule is CB(O)NC1C(c2ccc(F)cc2)C2CCC1N2Cc1ccccc1. The quantitative estimate of drug-likeness (QED) is 0.823. The van der Waals surface area contributed by atoms with Gasteiger partial charge in [0.2, 0.25) is 0 Å². The third kappa shape index (κ3) is 3.24. The van der Waals surface area contributed by atoms with E-state index in [0.717, 1.165) is 24.9 Å². The summed E-state index contributed by atoms with van der Waals surface area (Å²) in [7, 11) is -0.550. The summed E-state index contributed by atoms with van der Waals surface area (Å²) in [6, 6.07) is 18.4. The van der Waals surface area contributed by atoms with Crippen molar-refractivity contribution in [3.8, 4) is 0 Å². The summed E-state index contributed by atoms with van der Waals surface area (Å²) in [5.41, 5.74) is 2.47. The van der Waals surface area contributed by atoms with E-state index in [0.29, 0.717) is 12.1 Å². The molecule has 0 saturated carbocycles. The van der Waals surface area contributed by atoms with Gasteiger partial charge in [-0.3, -0.25) is 4.90 Å². The highest BCUT2D eigenvalue weighted by Gasteiger charge is 2.53. The Morgan fingerprint density at radius 2 is 1.76 bits per heavy atom. The van der Waals surface area contributed by atoms with Crippen LogP contribution < -0.4 is 5.23 Å². The van der Waals surface area contributed by atoms with Crippen LogP contribution in [0.1, 0.15) is 29.9 Å². The zero-order chi connectivity index (χ0) is 17.4. The summed E-state index contributed by atoms with van der Waals surface area (Å²) in [4.78, 5) is 2.57. The first-order chi connectivity index (χ1) is 12.1. The van der Waals surface area contributed by atoms with Gasteiger partial charge in [0.15, 0.2) is 0 Å². The lowest BCUT2D eigenvalue weighted by molar-refractivity contribution is 0.234. The van der Waals surface area contributed by atoms with E-state index >= 15 is 0 Å². The summed E-state index contributed by atoms with van der Waals surface area (Å²) in [5, 5.41) is 13.3. The molecule has 4 unspecified atom stereocenters. The van der Waals surface area contributed by atoms with Gasteiger partial charge >= 0.3 is 7.05 Å². The minimum atomic E-state index is -0.550. The fraction of sp³-hybridized carbons (Fsp3) is 0.400. The van der Waals surface area contributed by atoms with E-state index in [9.17, 15) is 9.41 Å². The highest BCUT2D eigenvalue weighted by molar-refractivity contribution is 6.45. The maximum Gasteiger partial charge on any atom is 0.373 e. The maximum atomic E-state index is 13.4. The van der Waals surface area contributed by atoms with E-state index in [4.69, 9.17) is 0 Å². The zero-order valence-electron chi connectivity index (χ0n) is 14.5. The number of halogens is 1. The zero-order valence-corrected chi connectivity index (χ0v) is 14.5. The van der Waals surface area contributed by atoms with Gasteiger partial charge in [-0.25, -0.2) is 4.39 Å². The van der Waals surface area contributed by atoms with E-state index in [1.54, 1.807) is 19.0 Å². The average molecular weight is 338 g/mol. The molecule has 5 heteroatoms. The number of hydrogen-bond acceptors (Lipinski definition) is 3. The van der Waals surface area contributed by atoms with Crippen molar-refractivity contribution in [2.24, 2.45) is 0 Å². The van der Waals surface area contributed by atoms with Crippen molar-refractivity contribution in [1.29, 1.82) is 0 Å². The second-order valence-electron chi connectivity index (χ2n) is 7.32. The van der Waals surface area contributed by atoms with Crippen LogP contribution in [0.5, 0.6) is 0 Å². The van der Waals surface area contributed by atoms with Gasteiger partial charge in [-0.2, -0.15) is 0 Å². The van der Waals surface area contributed by atoms with Crippen LogP contribution in [0.25, 0.3) is 0 Å². The largest absolute Gasteiger partial charge is 0.437 e. The van der Waals surface area contributed by atoms with Crippen molar-refractivity contribution in [3.63, 3.8) is 0 Å². The Bertz CT molecular complexity index is 709. The molecule has 2 aromatic carbocycles. The Morgan fingerprint density at radius 1 is 1.08 bits per heavy atom. The fourth-order valence-electron chi connectivity index (χ4n) is 4.81. The molecule has 0 aromatic heterocycles. The molecule has 0 radical (unpaired) electrons. The standard InChI is InChI=1S/C20H24BFN2O/c1-21(25)23-20-18-12-11-17(19(20)15-7-9-16(22)10-8-15)24(18)13-14-5-3-2-4-6-14/h2-10,17-20,23,25H,11-13H2,1H3. The second-order valence-corrected chi connectivity index (χ2v) is 7.32. The van der Waals surface area contributed by atoms with Gasteiger partial charge in [-0.15, -0.1) is 0 Å². The number of rotatable bonds is 5. The molecule has 4 atom stereocenters. The van der Waals surface area contributed by atoms with Crippen molar-refractivity contribution in [2.75, 3.05) is 0 Å². The molecule has 4 rings (SSSR count). The molecule has 2 heterocycles. The van der Waals surface area contributed by atoms with Crippen molar-refractivity contribution in [1.82, 2.24) is 10.1 Å². The Balaban J connectivity index is 1.64. The topological polar surface area (TPSA) is 35.5 Å². The maximum absolute atomic E-state index is 13.4. The predicted octanol–water partition coefficient (Wildman–Crippen LogP) is 3.02. The molecule has 2 fully saturated rings. The third-order valence-electron chi connectivity index (χ3n) is 5.72. The number of hydrogen-bond donors (Lipinski definition) is 2. The van der Waals surface area contributed by atoms with Gasteiger partial charge in [-0.1, -0.05) is 42.5 Å². The van der Waals surface area contributed by atoms with E-state index < -0.39 is 7.05 Å². The van der Waals surface area contributed by atoms with Crippen LogP contribution in [0.4, 0.5) is 4.39 Å². The Labute approximate surface area is 149 Å². The van der Waals surface area contributed by atoms with Gasteiger partial charge < -0.3 is 10.3 Å². The highest BCUT2D eigenvalue weighted by Crippen LogP contribution is 2.47. The van der Waals surface area contributed by atoms with Crippen LogP contribution in [0.2, 0.25) is 6.82 Å². The summed E-state index contributed by atoms with van der Waals surface area (Å²) in [5.74, 6) is 0.0748. The first-order valence-electron chi connectivity index (χ1n) is 9.13. The molecule has 2 aliphatic heterocycles. The lowest BCUT2D eigenvalue weighted by Crippen LogP contribution is -2.49. The molecule has 130 valence electrons. The van der Waals surface area contributed by atoms with Crippen LogP contribution in [-0.2, 0) is 6.54 Å². The lowest BCUT2D eigenvalue weighted by atomic mass is 9.76. The minimum Gasteiger partial charge on any atom is -0.437 e. The monoisotopic (exact) mass is 338 g/mol. The van der Waals surface area contributed by atoms with Crippen molar-refractivity contribution >= 4 is 7.05 Å². The Hall–Kier alpha value is -1.69. The summed E-state index contributed by atoms with van der Waals surface area (Å²) in [6.45, 7) is 2.70. The molecule has 2 aliphatic rings. The lowest BCUT2D eigenvalue weighted by Gasteiger charge is -2.31. The smallest absolute Gasteiger partial charge is 0.373 e. The molecule has 3 nitrogen and oxygen atoms in total. The molecule has 0 spiro atoms. The van der Waals surface area contributed by atoms with Crippen molar-refractivity contribution in [2.45, 2.75) is 50.3 Å². The Kier molecular flexibility index (Phi) is 4.63. The van der Waals surface area contributed by atoms with Crippen molar-refractivity contribution < 1.29 is 9.41 Å². The molecule has 0 aliphatic carbocycles. The van der Waals surface area contributed by atoms with Crippen LogP contribution in [0.3, 0.4) is 0 Å². The number of nitrogens with zero attached hydrogens (tertiary/aromatic N) is 1. The van der Waals surface area contributed by atoms with Crippen LogP contribution in [0, 0.1) is 5.82 Å².